The number of anilines is 2. The smallest absolute Gasteiger partial charge is 0.238 e. The minimum atomic E-state index is -0.0198. The molecule has 27 heavy (non-hydrogen) atoms. The van der Waals surface area contributed by atoms with Crippen LogP contribution in [-0.2, 0) is 11.2 Å². The van der Waals surface area contributed by atoms with E-state index < -0.39 is 0 Å². The van der Waals surface area contributed by atoms with Crippen molar-refractivity contribution < 1.29 is 4.79 Å². The van der Waals surface area contributed by atoms with Gasteiger partial charge in [0.2, 0.25) is 5.91 Å². The molecule has 0 radical (unpaired) electrons. The van der Waals surface area contributed by atoms with Gasteiger partial charge in [-0.15, -0.1) is 0 Å². The summed E-state index contributed by atoms with van der Waals surface area (Å²) in [5.41, 5.74) is 3.30. The number of rotatable bonds is 7. The number of nitrogens with zero attached hydrogens (tertiary/aromatic N) is 1. The molecule has 144 valence electrons. The van der Waals surface area contributed by atoms with Crippen molar-refractivity contribution in [2.24, 2.45) is 0 Å². The Balaban J connectivity index is 1.39. The molecule has 0 unspecified atom stereocenters. The molecule has 0 aliphatic carbocycles. The SMILES string of the molecule is O=C(CNCCc1ccc(Cl)cc1)Nc1ccc(N2CCCCCC2)cc1. The predicted molar refractivity (Wildman–Crippen MR) is 114 cm³/mol. The van der Waals surface area contributed by atoms with Gasteiger partial charge < -0.3 is 15.5 Å². The highest BCUT2D eigenvalue weighted by molar-refractivity contribution is 6.30. The number of amides is 1. The Hall–Kier alpha value is -2.04. The summed E-state index contributed by atoms with van der Waals surface area (Å²) in [6, 6.07) is 16.0. The average molecular weight is 386 g/mol. The first-order valence-electron chi connectivity index (χ1n) is 9.81. The lowest BCUT2D eigenvalue weighted by atomic mass is 10.1. The molecule has 3 rings (SSSR count). The molecule has 0 saturated carbocycles. The Morgan fingerprint density at radius 1 is 0.926 bits per heavy atom. The first kappa shape index (κ1) is 19.7. The maximum Gasteiger partial charge on any atom is 0.238 e. The summed E-state index contributed by atoms with van der Waals surface area (Å²) in [5.74, 6) is -0.0198. The van der Waals surface area contributed by atoms with E-state index in [2.05, 4.69) is 27.7 Å². The third-order valence-corrected chi connectivity index (χ3v) is 5.16. The second-order valence-electron chi connectivity index (χ2n) is 7.05. The quantitative estimate of drug-likeness (QED) is 0.690. The zero-order chi connectivity index (χ0) is 18.9. The van der Waals surface area contributed by atoms with Gasteiger partial charge in [-0.1, -0.05) is 36.6 Å². The van der Waals surface area contributed by atoms with Gasteiger partial charge in [0, 0.05) is 29.5 Å². The molecule has 0 atom stereocenters. The van der Waals surface area contributed by atoms with Crippen LogP contribution < -0.4 is 15.5 Å². The second kappa shape index (κ2) is 10.3. The fraction of sp³-hybridized carbons (Fsp3) is 0.409. The largest absolute Gasteiger partial charge is 0.372 e. The Morgan fingerprint density at radius 3 is 2.26 bits per heavy atom. The van der Waals surface area contributed by atoms with Crippen molar-refractivity contribution in [3.05, 3.63) is 59.1 Å². The third-order valence-electron chi connectivity index (χ3n) is 4.91. The van der Waals surface area contributed by atoms with Gasteiger partial charge in [0.25, 0.3) is 0 Å². The maximum absolute atomic E-state index is 12.1. The van der Waals surface area contributed by atoms with Crippen LogP contribution in [0, 0.1) is 0 Å². The highest BCUT2D eigenvalue weighted by Crippen LogP contribution is 2.21. The number of nitrogens with one attached hydrogen (secondary N) is 2. The van der Waals surface area contributed by atoms with E-state index >= 15 is 0 Å². The van der Waals surface area contributed by atoms with Crippen LogP contribution in [0.4, 0.5) is 11.4 Å². The number of hydrogen-bond acceptors (Lipinski definition) is 3. The molecule has 1 heterocycles. The summed E-state index contributed by atoms with van der Waals surface area (Å²) in [5, 5.41) is 6.88. The van der Waals surface area contributed by atoms with Crippen LogP contribution in [-0.4, -0.2) is 32.1 Å². The summed E-state index contributed by atoms with van der Waals surface area (Å²) in [4.78, 5) is 14.5. The average Bonchev–Trinajstić information content (AvgIpc) is 2.97. The van der Waals surface area contributed by atoms with Gasteiger partial charge >= 0.3 is 0 Å². The van der Waals surface area contributed by atoms with Gasteiger partial charge in [0.05, 0.1) is 6.54 Å². The maximum atomic E-state index is 12.1. The molecule has 1 amide bonds. The summed E-state index contributed by atoms with van der Waals surface area (Å²) < 4.78 is 0. The molecule has 4 nitrogen and oxygen atoms in total. The van der Waals surface area contributed by atoms with E-state index in [9.17, 15) is 4.79 Å². The van der Waals surface area contributed by atoms with E-state index in [1.54, 1.807) is 0 Å². The fourth-order valence-electron chi connectivity index (χ4n) is 3.38. The van der Waals surface area contributed by atoms with Crippen LogP contribution in [0.15, 0.2) is 48.5 Å². The highest BCUT2D eigenvalue weighted by Gasteiger charge is 2.10. The number of halogens is 1. The van der Waals surface area contributed by atoms with Crippen molar-refractivity contribution in [1.82, 2.24) is 5.32 Å². The first-order valence-corrected chi connectivity index (χ1v) is 10.2. The fourth-order valence-corrected chi connectivity index (χ4v) is 3.50. The molecule has 0 aromatic heterocycles. The standard InChI is InChI=1S/C22H28ClN3O/c23-19-7-5-18(6-8-19)13-14-24-17-22(27)25-20-9-11-21(12-10-20)26-15-3-1-2-4-16-26/h5-12,24H,1-4,13-17H2,(H,25,27). The van der Waals surface area contributed by atoms with Crippen LogP contribution in [0.2, 0.25) is 5.02 Å². The summed E-state index contributed by atoms with van der Waals surface area (Å²) >= 11 is 5.88. The Labute approximate surface area is 166 Å². The summed E-state index contributed by atoms with van der Waals surface area (Å²) in [6.07, 6.45) is 6.06. The van der Waals surface area contributed by atoms with Crippen molar-refractivity contribution in [2.75, 3.05) is 36.4 Å². The van der Waals surface area contributed by atoms with Gasteiger partial charge in [-0.3, -0.25) is 4.79 Å². The van der Waals surface area contributed by atoms with Crippen molar-refractivity contribution in [2.45, 2.75) is 32.1 Å². The van der Waals surface area contributed by atoms with Gasteiger partial charge in [0.1, 0.15) is 0 Å². The monoisotopic (exact) mass is 385 g/mol. The molecule has 2 aromatic rings. The van der Waals surface area contributed by atoms with Crippen LogP contribution >= 0.6 is 11.6 Å². The zero-order valence-corrected chi connectivity index (χ0v) is 16.5. The molecular weight excluding hydrogens is 358 g/mol. The van der Waals surface area contributed by atoms with Crippen LogP contribution in [0.25, 0.3) is 0 Å². The van der Waals surface area contributed by atoms with Crippen LogP contribution in [0.5, 0.6) is 0 Å². The Bertz CT molecular complexity index is 707. The molecule has 5 heteroatoms. The predicted octanol–water partition coefficient (Wildman–Crippen LogP) is 4.49. The number of carbonyl (C=O) groups is 1. The van der Waals surface area contributed by atoms with Crippen molar-refractivity contribution in [3.8, 4) is 0 Å². The lowest BCUT2D eigenvalue weighted by Gasteiger charge is -2.22. The molecule has 1 fully saturated rings. The Morgan fingerprint density at radius 2 is 1.59 bits per heavy atom. The number of carbonyl (C=O) groups excluding carboxylic acids is 1. The summed E-state index contributed by atoms with van der Waals surface area (Å²) in [6.45, 7) is 3.32. The minimum absolute atomic E-state index is 0.0198. The van der Waals surface area contributed by atoms with Crippen molar-refractivity contribution in [3.63, 3.8) is 0 Å². The molecule has 0 spiro atoms. The van der Waals surface area contributed by atoms with E-state index in [1.807, 2.05) is 36.4 Å². The van der Waals surface area contributed by atoms with E-state index in [0.29, 0.717) is 6.54 Å². The van der Waals surface area contributed by atoms with Gasteiger partial charge in [-0.05, 0) is 67.8 Å². The van der Waals surface area contributed by atoms with E-state index in [0.717, 1.165) is 36.8 Å². The number of benzene rings is 2. The topological polar surface area (TPSA) is 44.4 Å². The molecule has 2 aromatic carbocycles. The molecule has 1 saturated heterocycles. The van der Waals surface area contributed by atoms with Gasteiger partial charge in [0.15, 0.2) is 0 Å². The Kier molecular flexibility index (Phi) is 7.55. The van der Waals surface area contributed by atoms with E-state index in [-0.39, 0.29) is 5.91 Å². The molecule has 1 aliphatic heterocycles. The number of hydrogen-bond donors (Lipinski definition) is 2. The van der Waals surface area contributed by atoms with Crippen molar-refractivity contribution in [1.29, 1.82) is 0 Å². The van der Waals surface area contributed by atoms with E-state index in [1.165, 1.54) is 36.9 Å². The molecule has 0 bridgehead atoms. The zero-order valence-electron chi connectivity index (χ0n) is 15.7. The third kappa shape index (κ3) is 6.56. The summed E-state index contributed by atoms with van der Waals surface area (Å²) in [7, 11) is 0. The van der Waals surface area contributed by atoms with Crippen LogP contribution in [0.3, 0.4) is 0 Å². The lowest BCUT2D eigenvalue weighted by molar-refractivity contribution is -0.115. The van der Waals surface area contributed by atoms with Gasteiger partial charge in [-0.25, -0.2) is 0 Å². The molecule has 1 aliphatic rings. The molecule has 2 N–H and O–H groups in total. The lowest BCUT2D eigenvalue weighted by Crippen LogP contribution is -2.29. The van der Waals surface area contributed by atoms with Gasteiger partial charge in [-0.2, -0.15) is 0 Å². The van der Waals surface area contributed by atoms with Crippen LogP contribution in [0.1, 0.15) is 31.2 Å². The first-order chi connectivity index (χ1) is 13.2. The minimum Gasteiger partial charge on any atom is -0.372 e. The normalized spacial score (nSPS) is 14.6. The second-order valence-corrected chi connectivity index (χ2v) is 7.49. The molecular formula is C22H28ClN3O. The van der Waals surface area contributed by atoms with E-state index in [4.69, 9.17) is 11.6 Å². The highest BCUT2D eigenvalue weighted by atomic mass is 35.5. The van der Waals surface area contributed by atoms with Crippen molar-refractivity contribution >= 4 is 28.9 Å².